The first kappa shape index (κ1) is 24.2. The molecule has 38 heavy (non-hydrogen) atoms. The highest BCUT2D eigenvalue weighted by atomic mass is 32.1. The first-order chi connectivity index (χ1) is 18.2. The highest BCUT2D eigenvalue weighted by Crippen LogP contribution is 2.43. The minimum absolute atomic E-state index is 0. The van der Waals surface area contributed by atoms with Crippen molar-refractivity contribution in [2.75, 3.05) is 17.3 Å². The van der Waals surface area contributed by atoms with Gasteiger partial charge in [-0.2, -0.15) is 18.6 Å². The van der Waals surface area contributed by atoms with Crippen molar-refractivity contribution in [3.8, 4) is 11.3 Å². The number of carbonyl (C=O) groups is 1. The number of anilines is 3. The van der Waals surface area contributed by atoms with Crippen LogP contribution >= 0.6 is 13.5 Å². The Bertz CT molecular complexity index is 1500. The lowest BCUT2D eigenvalue weighted by atomic mass is 10.1. The van der Waals surface area contributed by atoms with Crippen LogP contribution < -0.4 is 10.2 Å². The van der Waals surface area contributed by atoms with Crippen LogP contribution in [-0.4, -0.2) is 50.7 Å². The lowest BCUT2D eigenvalue weighted by Gasteiger charge is -2.34. The summed E-state index contributed by atoms with van der Waals surface area (Å²) in [7, 11) is 1.82. The monoisotopic (exact) mass is 523 g/mol. The van der Waals surface area contributed by atoms with Gasteiger partial charge in [-0.1, -0.05) is 48.5 Å². The molecule has 0 spiro atoms. The number of benzene rings is 2. The van der Waals surface area contributed by atoms with E-state index in [1.54, 1.807) is 11.1 Å². The molecule has 2 aliphatic heterocycles. The third kappa shape index (κ3) is 3.94. The van der Waals surface area contributed by atoms with E-state index in [-0.39, 0.29) is 31.5 Å². The van der Waals surface area contributed by atoms with Gasteiger partial charge in [-0.15, -0.1) is 0 Å². The van der Waals surface area contributed by atoms with E-state index in [4.69, 9.17) is 10.1 Å². The van der Waals surface area contributed by atoms with Gasteiger partial charge in [0.05, 0.1) is 24.3 Å². The molecule has 1 amide bonds. The summed E-state index contributed by atoms with van der Waals surface area (Å²) < 4.78 is 1.92. The zero-order valence-electron chi connectivity index (χ0n) is 21.1. The Morgan fingerprint density at radius 1 is 0.974 bits per heavy atom. The second-order valence-electron chi connectivity index (χ2n) is 9.84. The minimum atomic E-state index is -0.0832. The first-order valence-electron chi connectivity index (χ1n) is 12.8. The summed E-state index contributed by atoms with van der Waals surface area (Å²) in [5, 5.41) is 8.56. The molecule has 4 aromatic rings. The second-order valence-corrected chi connectivity index (χ2v) is 9.84. The van der Waals surface area contributed by atoms with Crippen LogP contribution in [0.4, 0.5) is 17.3 Å². The van der Waals surface area contributed by atoms with Crippen molar-refractivity contribution in [1.82, 2.24) is 19.7 Å². The van der Waals surface area contributed by atoms with E-state index in [1.165, 1.54) is 0 Å². The van der Waals surface area contributed by atoms with Gasteiger partial charge in [0.2, 0.25) is 5.96 Å². The standard InChI is InChI=1S/C29H27N7O.H2S/c1-34-28(37)25-26(31-21-8-3-2-4-9-21)35(33-27(25)36-24-12-7-11-23(24)32-29(34)36)18-19-13-15-20(16-14-19)22-10-5-6-17-30-22;/h2-6,8-10,13-17,23-24,31H,7,11-12,18H2,1H3;1H2/t23-,24+;/m1./s1. The van der Waals surface area contributed by atoms with Crippen molar-refractivity contribution in [1.29, 1.82) is 0 Å². The summed E-state index contributed by atoms with van der Waals surface area (Å²) in [4.78, 5) is 26.9. The van der Waals surface area contributed by atoms with Gasteiger partial charge in [-0.05, 0) is 49.1 Å². The number of guanidine groups is 1. The molecular formula is C29H29N7OS. The molecule has 9 heteroatoms. The van der Waals surface area contributed by atoms with Crippen LogP contribution in [0.15, 0.2) is 84.0 Å². The van der Waals surface area contributed by atoms with Crippen molar-refractivity contribution in [2.45, 2.75) is 37.9 Å². The molecule has 7 rings (SSSR count). The highest BCUT2D eigenvalue weighted by Gasteiger charge is 2.49. The maximum absolute atomic E-state index is 13.7. The molecule has 192 valence electrons. The zero-order chi connectivity index (χ0) is 24.9. The summed E-state index contributed by atoms with van der Waals surface area (Å²) >= 11 is 0. The maximum atomic E-state index is 13.7. The average molecular weight is 524 g/mol. The van der Waals surface area contributed by atoms with Crippen molar-refractivity contribution < 1.29 is 4.79 Å². The summed E-state index contributed by atoms with van der Waals surface area (Å²) in [5.41, 5.74) is 4.60. The molecule has 8 nitrogen and oxygen atoms in total. The Kier molecular flexibility index (Phi) is 6.15. The molecule has 4 heterocycles. The summed E-state index contributed by atoms with van der Waals surface area (Å²) in [6, 6.07) is 24.7. The Hall–Kier alpha value is -4.11. The molecule has 1 saturated carbocycles. The number of rotatable bonds is 5. The van der Waals surface area contributed by atoms with Gasteiger partial charge in [0, 0.05) is 24.5 Å². The summed E-state index contributed by atoms with van der Waals surface area (Å²) in [5.74, 6) is 2.05. The Morgan fingerprint density at radius 2 is 1.76 bits per heavy atom. The third-order valence-corrected chi connectivity index (χ3v) is 7.54. The number of nitrogens with one attached hydrogen (secondary N) is 1. The van der Waals surface area contributed by atoms with Gasteiger partial charge in [0.1, 0.15) is 11.4 Å². The average Bonchev–Trinajstić information content (AvgIpc) is 3.63. The van der Waals surface area contributed by atoms with E-state index >= 15 is 0 Å². The van der Waals surface area contributed by atoms with Crippen LogP contribution in [0, 0.1) is 0 Å². The first-order valence-corrected chi connectivity index (χ1v) is 12.8. The minimum Gasteiger partial charge on any atom is -0.340 e. The van der Waals surface area contributed by atoms with Gasteiger partial charge in [0.15, 0.2) is 5.82 Å². The van der Waals surface area contributed by atoms with Gasteiger partial charge >= 0.3 is 0 Å². The molecule has 2 aromatic heterocycles. The van der Waals surface area contributed by atoms with Gasteiger partial charge in [0.25, 0.3) is 5.91 Å². The predicted molar refractivity (Wildman–Crippen MR) is 155 cm³/mol. The second kappa shape index (κ2) is 9.64. The van der Waals surface area contributed by atoms with Gasteiger partial charge in [-0.3, -0.25) is 19.6 Å². The molecule has 1 fully saturated rings. The molecule has 0 unspecified atom stereocenters. The topological polar surface area (TPSA) is 78.7 Å². The molecule has 2 aromatic carbocycles. The van der Waals surface area contributed by atoms with E-state index in [2.05, 4.69) is 39.5 Å². The number of hydrogen-bond donors (Lipinski definition) is 1. The van der Waals surface area contributed by atoms with E-state index in [9.17, 15) is 4.79 Å². The summed E-state index contributed by atoms with van der Waals surface area (Å²) in [6.45, 7) is 0.524. The Balaban J connectivity index is 0.00000264. The normalized spacial score (nSPS) is 19.4. The van der Waals surface area contributed by atoms with Crippen molar-refractivity contribution in [3.63, 3.8) is 0 Å². The van der Waals surface area contributed by atoms with E-state index in [0.29, 0.717) is 23.7 Å². The maximum Gasteiger partial charge on any atom is 0.267 e. The molecule has 0 bridgehead atoms. The van der Waals surface area contributed by atoms with Crippen molar-refractivity contribution in [2.24, 2.45) is 4.99 Å². The number of amides is 1. The molecular weight excluding hydrogens is 494 g/mol. The van der Waals surface area contributed by atoms with Crippen LogP contribution in [0.2, 0.25) is 0 Å². The quantitative estimate of drug-likeness (QED) is 0.397. The molecule has 1 N–H and O–H groups in total. The number of pyridine rings is 1. The van der Waals surface area contributed by atoms with Crippen LogP contribution in [0.25, 0.3) is 11.3 Å². The number of carbonyl (C=O) groups excluding carboxylic acids is 1. The third-order valence-electron chi connectivity index (χ3n) is 7.54. The highest BCUT2D eigenvalue weighted by molar-refractivity contribution is 7.59. The zero-order valence-corrected chi connectivity index (χ0v) is 22.1. The lowest BCUT2D eigenvalue weighted by Crippen LogP contribution is -2.51. The van der Waals surface area contributed by atoms with Crippen molar-refractivity contribution >= 4 is 42.7 Å². The number of aromatic nitrogens is 3. The van der Waals surface area contributed by atoms with Gasteiger partial charge < -0.3 is 5.32 Å². The number of hydrogen-bond acceptors (Lipinski definition) is 6. The number of nitrogens with zero attached hydrogens (tertiary/aromatic N) is 6. The smallest absolute Gasteiger partial charge is 0.267 e. The lowest BCUT2D eigenvalue weighted by molar-refractivity contribution is 0.0866. The molecule has 1 aliphatic carbocycles. The van der Waals surface area contributed by atoms with Crippen LogP contribution in [0.5, 0.6) is 0 Å². The van der Waals surface area contributed by atoms with Crippen molar-refractivity contribution in [3.05, 3.63) is 90.1 Å². The molecule has 3 aliphatic rings. The SMILES string of the molecule is CN1C(=O)c2c(nn(Cc3ccc(-c4ccccn4)cc3)c2Nc2ccccc2)N2C1=N[C@@H]1CCC[C@@H]12.S. The van der Waals surface area contributed by atoms with E-state index in [0.717, 1.165) is 47.7 Å². The number of para-hydroxylation sites is 1. The fourth-order valence-corrected chi connectivity index (χ4v) is 5.69. The van der Waals surface area contributed by atoms with E-state index in [1.807, 2.05) is 60.3 Å². The predicted octanol–water partition coefficient (Wildman–Crippen LogP) is 5.03. The van der Waals surface area contributed by atoms with Crippen LogP contribution in [-0.2, 0) is 6.54 Å². The Morgan fingerprint density at radius 3 is 2.53 bits per heavy atom. The van der Waals surface area contributed by atoms with Crippen LogP contribution in [0.3, 0.4) is 0 Å². The molecule has 0 radical (unpaired) electrons. The number of fused-ring (bicyclic) bond motifs is 5. The van der Waals surface area contributed by atoms with E-state index < -0.39 is 0 Å². The largest absolute Gasteiger partial charge is 0.340 e. The van der Waals surface area contributed by atoms with Crippen LogP contribution in [0.1, 0.15) is 35.2 Å². The fraction of sp³-hybridized carbons (Fsp3) is 0.241. The fourth-order valence-electron chi connectivity index (χ4n) is 5.69. The van der Waals surface area contributed by atoms with Gasteiger partial charge in [-0.25, -0.2) is 9.67 Å². The molecule has 0 saturated heterocycles. The molecule has 2 atom stereocenters. The summed E-state index contributed by atoms with van der Waals surface area (Å²) in [6.07, 6.45) is 5.06. The Labute approximate surface area is 228 Å². The number of aliphatic imine (C=N–C) groups is 1.